The van der Waals surface area contributed by atoms with Crippen LogP contribution in [0.25, 0.3) is 0 Å². The quantitative estimate of drug-likeness (QED) is 0.522. The second kappa shape index (κ2) is 6.62. The minimum atomic E-state index is -2.80. The fraction of sp³-hybridized carbons (Fsp3) is 1.00. The molecule has 0 rings (SSSR count). The van der Waals surface area contributed by atoms with Crippen LogP contribution in [0.15, 0.2) is 0 Å². The van der Waals surface area contributed by atoms with Crippen molar-refractivity contribution in [3.05, 3.63) is 0 Å². The number of rotatable bonds is 7. The van der Waals surface area contributed by atoms with E-state index in [2.05, 4.69) is 5.32 Å². The molecule has 1 atom stereocenters. The number of sulfone groups is 1. The summed E-state index contributed by atoms with van der Waals surface area (Å²) >= 11 is 5.85. The highest BCUT2D eigenvalue weighted by Gasteiger charge is 2.02. The summed E-state index contributed by atoms with van der Waals surface area (Å²) in [6, 6.07) is 0. The molecule has 0 aromatic rings. The van der Waals surface area contributed by atoms with Gasteiger partial charge in [0.1, 0.15) is 9.84 Å². The van der Waals surface area contributed by atoms with Crippen molar-refractivity contribution in [1.82, 2.24) is 5.32 Å². The second-order valence-corrected chi connectivity index (χ2v) is 6.07. The Bertz CT molecular complexity index is 216. The average Bonchev–Trinajstić information content (AvgIpc) is 2.01. The van der Waals surface area contributed by atoms with Crippen LogP contribution in [0.1, 0.15) is 19.8 Å². The first-order chi connectivity index (χ1) is 5.95. The Morgan fingerprint density at radius 3 is 2.54 bits per heavy atom. The largest absolute Gasteiger partial charge is 0.315 e. The van der Waals surface area contributed by atoms with Crippen LogP contribution in [0.5, 0.6) is 0 Å². The van der Waals surface area contributed by atoms with E-state index in [1.165, 1.54) is 6.26 Å². The topological polar surface area (TPSA) is 46.2 Å². The lowest BCUT2D eigenvalue weighted by atomic mass is 10.3. The summed E-state index contributed by atoms with van der Waals surface area (Å²) < 4.78 is 21.5. The van der Waals surface area contributed by atoms with Gasteiger partial charge in [0.2, 0.25) is 0 Å². The number of halogens is 1. The number of hydrogen-bond donors (Lipinski definition) is 1. The molecule has 0 aliphatic heterocycles. The van der Waals surface area contributed by atoms with E-state index in [1.807, 2.05) is 6.92 Å². The third-order valence-corrected chi connectivity index (χ3v) is 3.17. The van der Waals surface area contributed by atoms with Gasteiger partial charge in [0, 0.05) is 18.2 Å². The van der Waals surface area contributed by atoms with Gasteiger partial charge in [-0.3, -0.25) is 0 Å². The van der Waals surface area contributed by atoms with Crippen molar-refractivity contribution in [3.63, 3.8) is 0 Å². The van der Waals surface area contributed by atoms with Gasteiger partial charge >= 0.3 is 0 Å². The Labute approximate surface area is 85.8 Å². The van der Waals surface area contributed by atoms with Crippen LogP contribution in [0.3, 0.4) is 0 Å². The Morgan fingerprint density at radius 1 is 1.46 bits per heavy atom. The first-order valence-electron chi connectivity index (χ1n) is 4.48. The third-order valence-electron chi connectivity index (χ3n) is 1.68. The predicted molar refractivity (Wildman–Crippen MR) is 57.1 cm³/mol. The maximum atomic E-state index is 10.7. The van der Waals surface area contributed by atoms with E-state index in [0.717, 1.165) is 19.5 Å². The molecule has 0 aromatic heterocycles. The van der Waals surface area contributed by atoms with Gasteiger partial charge in [0.25, 0.3) is 0 Å². The highest BCUT2D eigenvalue weighted by molar-refractivity contribution is 7.90. The first kappa shape index (κ1) is 13.2. The van der Waals surface area contributed by atoms with Crippen LogP contribution >= 0.6 is 11.6 Å². The molecule has 0 aromatic carbocycles. The Morgan fingerprint density at radius 2 is 2.08 bits per heavy atom. The van der Waals surface area contributed by atoms with E-state index in [0.29, 0.717) is 6.42 Å². The Balaban J connectivity index is 3.27. The van der Waals surface area contributed by atoms with Gasteiger partial charge in [0.15, 0.2) is 0 Å². The molecule has 0 heterocycles. The molecule has 0 spiro atoms. The standard InChI is InChI=1S/C8H18ClNO2S/c1-3-8(9)7-10-5-4-6-13(2,11)12/h8,10H,3-7H2,1-2H3. The normalized spacial score (nSPS) is 14.4. The van der Waals surface area contributed by atoms with Gasteiger partial charge in [-0.15, -0.1) is 11.6 Å². The van der Waals surface area contributed by atoms with Crippen molar-refractivity contribution in [2.45, 2.75) is 25.1 Å². The third kappa shape index (κ3) is 10.1. The summed E-state index contributed by atoms with van der Waals surface area (Å²) in [5, 5.41) is 3.26. The number of hydrogen-bond acceptors (Lipinski definition) is 3. The van der Waals surface area contributed by atoms with Crippen LogP contribution in [0, 0.1) is 0 Å². The lowest BCUT2D eigenvalue weighted by molar-refractivity contribution is 0.592. The molecule has 0 fully saturated rings. The van der Waals surface area contributed by atoms with Crippen molar-refractivity contribution >= 4 is 21.4 Å². The summed E-state index contributed by atoms with van der Waals surface area (Å²) in [7, 11) is -2.80. The molecule has 3 nitrogen and oxygen atoms in total. The van der Waals surface area contributed by atoms with Crippen LogP contribution in [-0.4, -0.2) is 38.9 Å². The van der Waals surface area contributed by atoms with Crippen molar-refractivity contribution in [2.24, 2.45) is 0 Å². The zero-order valence-electron chi connectivity index (χ0n) is 8.22. The lowest BCUT2D eigenvalue weighted by Crippen LogP contribution is -2.25. The van der Waals surface area contributed by atoms with Crippen LogP contribution in [0.2, 0.25) is 0 Å². The molecule has 0 bridgehead atoms. The minimum absolute atomic E-state index is 0.151. The maximum Gasteiger partial charge on any atom is 0.147 e. The summed E-state index contributed by atoms with van der Waals surface area (Å²) in [4.78, 5) is 0. The molecule has 1 N–H and O–H groups in total. The van der Waals surface area contributed by atoms with Gasteiger partial charge in [-0.2, -0.15) is 0 Å². The number of nitrogens with one attached hydrogen (secondary N) is 1. The fourth-order valence-corrected chi connectivity index (χ4v) is 1.64. The van der Waals surface area contributed by atoms with E-state index >= 15 is 0 Å². The molecule has 13 heavy (non-hydrogen) atoms. The molecule has 0 saturated carbocycles. The Hall–Kier alpha value is 0.200. The molecule has 0 saturated heterocycles. The molecule has 0 aliphatic carbocycles. The molecular formula is C8H18ClNO2S. The van der Waals surface area contributed by atoms with Crippen molar-refractivity contribution in [1.29, 1.82) is 0 Å². The van der Waals surface area contributed by atoms with Crippen molar-refractivity contribution in [3.8, 4) is 0 Å². The lowest BCUT2D eigenvalue weighted by Gasteiger charge is -2.07. The molecule has 1 unspecified atom stereocenters. The molecule has 0 aliphatic rings. The fourth-order valence-electron chi connectivity index (χ4n) is 0.862. The summed E-state index contributed by atoms with van der Waals surface area (Å²) in [5.74, 6) is 0.249. The van der Waals surface area contributed by atoms with Crippen LogP contribution in [-0.2, 0) is 9.84 Å². The van der Waals surface area contributed by atoms with E-state index in [4.69, 9.17) is 11.6 Å². The van der Waals surface area contributed by atoms with Gasteiger partial charge in [0.05, 0.1) is 5.75 Å². The monoisotopic (exact) mass is 227 g/mol. The molecular weight excluding hydrogens is 210 g/mol. The Kier molecular flexibility index (Phi) is 6.73. The first-order valence-corrected chi connectivity index (χ1v) is 6.98. The van der Waals surface area contributed by atoms with E-state index in [1.54, 1.807) is 0 Å². The summed E-state index contributed by atoms with van der Waals surface area (Å²) in [6.07, 6.45) is 2.84. The smallest absolute Gasteiger partial charge is 0.147 e. The van der Waals surface area contributed by atoms with Crippen LogP contribution < -0.4 is 5.32 Å². The van der Waals surface area contributed by atoms with Gasteiger partial charge in [-0.1, -0.05) is 6.92 Å². The van der Waals surface area contributed by atoms with Gasteiger partial charge in [-0.05, 0) is 19.4 Å². The van der Waals surface area contributed by atoms with Crippen molar-refractivity contribution < 1.29 is 8.42 Å². The summed E-state index contributed by atoms with van der Waals surface area (Å²) in [5.41, 5.74) is 0. The van der Waals surface area contributed by atoms with E-state index in [9.17, 15) is 8.42 Å². The van der Waals surface area contributed by atoms with E-state index < -0.39 is 9.84 Å². The second-order valence-electron chi connectivity index (χ2n) is 3.19. The minimum Gasteiger partial charge on any atom is -0.315 e. The molecule has 0 radical (unpaired) electrons. The maximum absolute atomic E-state index is 10.7. The van der Waals surface area contributed by atoms with E-state index in [-0.39, 0.29) is 11.1 Å². The predicted octanol–water partition coefficient (Wildman–Crippen LogP) is 1.03. The van der Waals surface area contributed by atoms with Crippen LogP contribution in [0.4, 0.5) is 0 Å². The highest BCUT2D eigenvalue weighted by Crippen LogP contribution is 1.98. The number of alkyl halides is 1. The SMILES string of the molecule is CCC(Cl)CNCCCS(C)(=O)=O. The van der Waals surface area contributed by atoms with Crippen molar-refractivity contribution in [2.75, 3.05) is 25.1 Å². The zero-order chi connectivity index (χ0) is 10.3. The zero-order valence-corrected chi connectivity index (χ0v) is 9.79. The summed E-state index contributed by atoms with van der Waals surface area (Å²) in [6.45, 7) is 3.49. The average molecular weight is 228 g/mol. The highest BCUT2D eigenvalue weighted by atomic mass is 35.5. The van der Waals surface area contributed by atoms with Gasteiger partial charge < -0.3 is 5.32 Å². The molecule has 0 amide bonds. The molecule has 5 heteroatoms. The molecule has 80 valence electrons. The van der Waals surface area contributed by atoms with Gasteiger partial charge in [-0.25, -0.2) is 8.42 Å².